The third kappa shape index (κ3) is 12.2. The SMILES string of the molecule is NCc1cn(CC2CCCN(C(=O)Cc3ccccn3)C2)nn1.O=C(O)C(F)(F)F.O=C(O)C(F)(F)F. The summed E-state index contributed by atoms with van der Waals surface area (Å²) in [7, 11) is 0. The van der Waals surface area contributed by atoms with Gasteiger partial charge in [-0.1, -0.05) is 11.3 Å². The van der Waals surface area contributed by atoms with Gasteiger partial charge in [0.1, 0.15) is 0 Å². The van der Waals surface area contributed by atoms with Crippen molar-refractivity contribution in [3.8, 4) is 0 Å². The maximum Gasteiger partial charge on any atom is 0.490 e. The molecule has 3 rings (SSSR count). The summed E-state index contributed by atoms with van der Waals surface area (Å²) >= 11 is 0. The number of aromatic nitrogens is 4. The van der Waals surface area contributed by atoms with Crippen molar-refractivity contribution in [2.75, 3.05) is 13.1 Å². The molecule has 0 aromatic carbocycles. The highest BCUT2D eigenvalue weighted by molar-refractivity contribution is 5.78. The molecule has 0 aliphatic carbocycles. The van der Waals surface area contributed by atoms with Gasteiger partial charge in [0.25, 0.3) is 0 Å². The van der Waals surface area contributed by atoms with Gasteiger partial charge in [0, 0.05) is 44.3 Å². The number of carboxylic acids is 2. The average Bonchev–Trinajstić information content (AvgIpc) is 3.27. The number of halogens is 6. The molecule has 1 saturated heterocycles. The Morgan fingerprint density at radius 3 is 2.08 bits per heavy atom. The van der Waals surface area contributed by atoms with Crippen LogP contribution in [0, 0.1) is 5.92 Å². The van der Waals surface area contributed by atoms with Crippen molar-refractivity contribution >= 4 is 17.8 Å². The lowest BCUT2D eigenvalue weighted by molar-refractivity contribution is -0.193. The number of pyridine rings is 1. The fourth-order valence-corrected chi connectivity index (χ4v) is 3.00. The number of aliphatic carboxylic acids is 2. The highest BCUT2D eigenvalue weighted by atomic mass is 19.4. The van der Waals surface area contributed by atoms with Gasteiger partial charge in [-0.15, -0.1) is 5.10 Å². The lowest BCUT2D eigenvalue weighted by Gasteiger charge is -2.32. The van der Waals surface area contributed by atoms with Crippen LogP contribution >= 0.6 is 0 Å². The zero-order valence-corrected chi connectivity index (χ0v) is 19.1. The first-order chi connectivity index (χ1) is 17.1. The van der Waals surface area contributed by atoms with E-state index in [1.54, 1.807) is 6.20 Å². The normalized spacial score (nSPS) is 15.5. The molecule has 17 heteroatoms. The molecule has 1 aliphatic heterocycles. The number of nitrogens with zero attached hydrogens (tertiary/aromatic N) is 5. The number of carbonyl (C=O) groups is 3. The summed E-state index contributed by atoms with van der Waals surface area (Å²) in [6, 6.07) is 5.66. The van der Waals surface area contributed by atoms with Crippen molar-refractivity contribution in [2.24, 2.45) is 11.7 Å². The number of carbonyl (C=O) groups excluding carboxylic acids is 1. The van der Waals surface area contributed by atoms with Gasteiger partial charge in [0.15, 0.2) is 0 Å². The van der Waals surface area contributed by atoms with Crippen LogP contribution in [0.15, 0.2) is 30.6 Å². The van der Waals surface area contributed by atoms with Crippen molar-refractivity contribution in [3.63, 3.8) is 0 Å². The first-order valence-corrected chi connectivity index (χ1v) is 10.5. The average molecular weight is 542 g/mol. The molecule has 2 aromatic rings. The lowest BCUT2D eigenvalue weighted by Crippen LogP contribution is -2.42. The summed E-state index contributed by atoms with van der Waals surface area (Å²) in [5.41, 5.74) is 7.17. The number of hydrogen-bond acceptors (Lipinski definition) is 7. The molecule has 1 unspecified atom stereocenters. The molecule has 2 aromatic heterocycles. The number of likely N-dealkylation sites (tertiary alicyclic amines) is 1. The molecule has 0 saturated carbocycles. The molecule has 1 atom stereocenters. The fourth-order valence-electron chi connectivity index (χ4n) is 3.00. The molecule has 3 heterocycles. The second-order valence-electron chi connectivity index (χ2n) is 7.59. The van der Waals surface area contributed by atoms with E-state index in [4.69, 9.17) is 25.5 Å². The molecule has 1 fully saturated rings. The molecule has 0 spiro atoms. The van der Waals surface area contributed by atoms with Crippen LogP contribution in [0.25, 0.3) is 0 Å². The highest BCUT2D eigenvalue weighted by Crippen LogP contribution is 2.19. The summed E-state index contributed by atoms with van der Waals surface area (Å²) in [6.45, 7) is 2.77. The standard InChI is InChI=1S/C16H22N6O.2C2HF3O2/c17-9-15-12-22(20-19-15)11-13-4-3-7-21(10-13)16(23)8-14-5-1-2-6-18-14;2*3-2(4,5)1(6)7/h1-2,5-6,12-13H,3-4,7-11,17H2;2*(H,6,7). The first-order valence-electron chi connectivity index (χ1n) is 10.5. The van der Waals surface area contributed by atoms with Gasteiger partial charge in [-0.25, -0.2) is 9.59 Å². The van der Waals surface area contributed by atoms with E-state index in [0.717, 1.165) is 43.9 Å². The Hall–Kier alpha value is -3.76. The predicted molar refractivity (Wildman–Crippen MR) is 113 cm³/mol. The van der Waals surface area contributed by atoms with E-state index in [1.807, 2.05) is 34.0 Å². The van der Waals surface area contributed by atoms with E-state index in [0.29, 0.717) is 18.9 Å². The molecule has 1 amide bonds. The Bertz CT molecular complexity index is 991. The summed E-state index contributed by atoms with van der Waals surface area (Å²) in [5.74, 6) is -4.96. The fraction of sp³-hybridized carbons (Fsp3) is 0.500. The van der Waals surface area contributed by atoms with Crippen LogP contribution in [0.1, 0.15) is 24.2 Å². The van der Waals surface area contributed by atoms with Crippen LogP contribution < -0.4 is 5.73 Å². The molecular formula is C20H24F6N6O5. The number of carboxylic acid groups (broad SMARTS) is 2. The maximum absolute atomic E-state index is 12.5. The molecule has 4 N–H and O–H groups in total. The van der Waals surface area contributed by atoms with Crippen molar-refractivity contribution < 1.29 is 50.9 Å². The minimum absolute atomic E-state index is 0.148. The number of amides is 1. The van der Waals surface area contributed by atoms with Crippen molar-refractivity contribution in [1.29, 1.82) is 0 Å². The lowest BCUT2D eigenvalue weighted by atomic mass is 9.97. The summed E-state index contributed by atoms with van der Waals surface area (Å²) < 4.78 is 65.3. The van der Waals surface area contributed by atoms with Crippen LogP contribution in [0.5, 0.6) is 0 Å². The van der Waals surface area contributed by atoms with Gasteiger partial charge < -0.3 is 20.8 Å². The van der Waals surface area contributed by atoms with Crippen LogP contribution in [-0.4, -0.2) is 78.4 Å². The summed E-state index contributed by atoms with van der Waals surface area (Å²) in [5, 5.41) is 22.4. The first kappa shape index (κ1) is 31.3. The predicted octanol–water partition coefficient (Wildman–Crippen LogP) is 1.88. The number of nitrogens with two attached hydrogens (primary N) is 1. The molecular weight excluding hydrogens is 518 g/mol. The van der Waals surface area contributed by atoms with Crippen LogP contribution in [0.2, 0.25) is 0 Å². The largest absolute Gasteiger partial charge is 0.490 e. The van der Waals surface area contributed by atoms with E-state index in [1.165, 1.54) is 0 Å². The van der Waals surface area contributed by atoms with E-state index in [2.05, 4.69) is 15.3 Å². The number of rotatable bonds is 5. The zero-order valence-electron chi connectivity index (χ0n) is 19.1. The molecule has 206 valence electrons. The topological polar surface area (TPSA) is 165 Å². The second kappa shape index (κ2) is 14.1. The van der Waals surface area contributed by atoms with Crippen molar-refractivity contribution in [3.05, 3.63) is 42.0 Å². The quantitative estimate of drug-likeness (QED) is 0.479. The van der Waals surface area contributed by atoms with Gasteiger partial charge in [-0.3, -0.25) is 14.5 Å². The van der Waals surface area contributed by atoms with Crippen LogP contribution in [0.3, 0.4) is 0 Å². The Balaban J connectivity index is 0.000000404. The molecule has 0 radical (unpaired) electrons. The van der Waals surface area contributed by atoms with Crippen molar-refractivity contribution in [2.45, 2.75) is 44.7 Å². The third-order valence-corrected chi connectivity index (χ3v) is 4.66. The maximum atomic E-state index is 12.5. The van der Waals surface area contributed by atoms with E-state index in [-0.39, 0.29) is 5.91 Å². The number of alkyl halides is 6. The van der Waals surface area contributed by atoms with Crippen LogP contribution in [-0.2, 0) is 33.9 Å². The molecule has 0 bridgehead atoms. The van der Waals surface area contributed by atoms with Gasteiger partial charge >= 0.3 is 24.3 Å². The van der Waals surface area contributed by atoms with Gasteiger partial charge in [0.05, 0.1) is 12.1 Å². The van der Waals surface area contributed by atoms with E-state index < -0.39 is 24.3 Å². The minimum Gasteiger partial charge on any atom is -0.475 e. The van der Waals surface area contributed by atoms with Gasteiger partial charge in [-0.2, -0.15) is 26.3 Å². The second-order valence-corrected chi connectivity index (χ2v) is 7.59. The Labute approximate surface area is 205 Å². The Morgan fingerprint density at radius 2 is 1.62 bits per heavy atom. The minimum atomic E-state index is -5.08. The van der Waals surface area contributed by atoms with Gasteiger partial charge in [0.2, 0.25) is 5.91 Å². The zero-order chi connectivity index (χ0) is 28.2. The Morgan fingerprint density at radius 1 is 1.03 bits per heavy atom. The molecule has 11 nitrogen and oxygen atoms in total. The number of hydrogen-bond donors (Lipinski definition) is 3. The Kier molecular flexibility index (Phi) is 11.9. The third-order valence-electron chi connectivity index (χ3n) is 4.66. The smallest absolute Gasteiger partial charge is 0.475 e. The molecule has 1 aliphatic rings. The van der Waals surface area contributed by atoms with Gasteiger partial charge in [-0.05, 0) is 30.9 Å². The summed E-state index contributed by atoms with van der Waals surface area (Å²) in [6.07, 6.45) is -4.06. The highest BCUT2D eigenvalue weighted by Gasteiger charge is 2.38. The number of piperidine rings is 1. The monoisotopic (exact) mass is 542 g/mol. The molecule has 37 heavy (non-hydrogen) atoms. The van der Waals surface area contributed by atoms with E-state index >= 15 is 0 Å². The van der Waals surface area contributed by atoms with E-state index in [9.17, 15) is 31.1 Å². The van der Waals surface area contributed by atoms with Crippen LogP contribution in [0.4, 0.5) is 26.3 Å². The summed E-state index contributed by atoms with van der Waals surface area (Å²) in [4.78, 5) is 36.4. The van der Waals surface area contributed by atoms with Crippen molar-refractivity contribution in [1.82, 2.24) is 24.9 Å².